The fourth-order valence-corrected chi connectivity index (χ4v) is 5.00. The van der Waals surface area contributed by atoms with Gasteiger partial charge in [0.1, 0.15) is 0 Å². The lowest BCUT2D eigenvalue weighted by molar-refractivity contribution is 0.246. The van der Waals surface area contributed by atoms with Crippen molar-refractivity contribution in [2.45, 2.75) is 50.0 Å². The highest BCUT2D eigenvalue weighted by Crippen LogP contribution is 2.27. The average Bonchev–Trinajstić information content (AvgIpc) is 2.48. The van der Waals surface area contributed by atoms with Crippen molar-refractivity contribution < 1.29 is 8.42 Å². The highest BCUT2D eigenvalue weighted by molar-refractivity contribution is 9.09. The van der Waals surface area contributed by atoms with E-state index in [9.17, 15) is 8.42 Å². The SMILES string of the molecule is CCC1CCCCN1S(=O)(=O)c1ccc(CCBr)cc1. The molecule has 1 heterocycles. The van der Waals surface area contributed by atoms with Crippen molar-refractivity contribution in [2.24, 2.45) is 0 Å². The van der Waals surface area contributed by atoms with E-state index >= 15 is 0 Å². The summed E-state index contributed by atoms with van der Waals surface area (Å²) in [4.78, 5) is 0.427. The van der Waals surface area contributed by atoms with E-state index in [-0.39, 0.29) is 6.04 Å². The van der Waals surface area contributed by atoms with Gasteiger partial charge in [0.2, 0.25) is 10.0 Å². The van der Waals surface area contributed by atoms with Gasteiger partial charge in [-0.05, 0) is 43.4 Å². The lowest BCUT2D eigenvalue weighted by Crippen LogP contribution is -2.43. The second kappa shape index (κ2) is 7.05. The molecule has 1 atom stereocenters. The van der Waals surface area contributed by atoms with Crippen LogP contribution in [0.3, 0.4) is 0 Å². The topological polar surface area (TPSA) is 37.4 Å². The van der Waals surface area contributed by atoms with Crippen LogP contribution in [-0.4, -0.2) is 30.6 Å². The number of nitrogens with zero attached hydrogens (tertiary/aromatic N) is 1. The molecule has 1 fully saturated rings. The lowest BCUT2D eigenvalue weighted by Gasteiger charge is -2.34. The predicted molar refractivity (Wildman–Crippen MR) is 85.8 cm³/mol. The average molecular weight is 360 g/mol. The van der Waals surface area contributed by atoms with Crippen molar-refractivity contribution in [1.82, 2.24) is 4.31 Å². The van der Waals surface area contributed by atoms with Gasteiger partial charge in [-0.25, -0.2) is 8.42 Å². The summed E-state index contributed by atoms with van der Waals surface area (Å²) in [5, 5.41) is 0.892. The fraction of sp³-hybridized carbons (Fsp3) is 0.600. The van der Waals surface area contributed by atoms with Gasteiger partial charge in [0.05, 0.1) is 4.90 Å². The molecule has 3 nitrogen and oxygen atoms in total. The summed E-state index contributed by atoms with van der Waals surface area (Å²) in [6, 6.07) is 7.48. The normalized spacial score (nSPS) is 21.0. The third-order valence-electron chi connectivity index (χ3n) is 3.96. The summed E-state index contributed by atoms with van der Waals surface area (Å²) < 4.78 is 27.2. The molecule has 0 aromatic heterocycles. The summed E-state index contributed by atoms with van der Waals surface area (Å²) in [7, 11) is -3.33. The second-order valence-electron chi connectivity index (χ2n) is 5.26. The molecule has 0 radical (unpaired) electrons. The van der Waals surface area contributed by atoms with Crippen LogP contribution in [0, 0.1) is 0 Å². The molecule has 1 aromatic carbocycles. The van der Waals surface area contributed by atoms with Gasteiger partial charge < -0.3 is 0 Å². The quantitative estimate of drug-likeness (QED) is 0.753. The number of piperidine rings is 1. The molecule has 0 N–H and O–H groups in total. The van der Waals surface area contributed by atoms with Crippen LogP contribution in [0.5, 0.6) is 0 Å². The number of sulfonamides is 1. The fourth-order valence-electron chi connectivity index (χ4n) is 2.77. The summed E-state index contributed by atoms with van der Waals surface area (Å²) in [5.74, 6) is 0. The molecule has 1 aromatic rings. The molecule has 112 valence electrons. The van der Waals surface area contributed by atoms with Gasteiger partial charge in [-0.3, -0.25) is 0 Å². The number of benzene rings is 1. The molecule has 1 unspecified atom stereocenters. The van der Waals surface area contributed by atoms with Gasteiger partial charge in [0.25, 0.3) is 0 Å². The molecule has 0 saturated carbocycles. The molecular weight excluding hydrogens is 338 g/mol. The Hall–Kier alpha value is -0.390. The Balaban J connectivity index is 2.24. The van der Waals surface area contributed by atoms with Crippen LogP contribution >= 0.6 is 15.9 Å². The minimum Gasteiger partial charge on any atom is -0.207 e. The van der Waals surface area contributed by atoms with Gasteiger partial charge in [0.15, 0.2) is 0 Å². The van der Waals surface area contributed by atoms with E-state index in [0.717, 1.165) is 43.0 Å². The second-order valence-corrected chi connectivity index (χ2v) is 7.94. The van der Waals surface area contributed by atoms with Crippen LogP contribution in [0.1, 0.15) is 38.2 Å². The minimum absolute atomic E-state index is 0.163. The molecule has 1 saturated heterocycles. The van der Waals surface area contributed by atoms with Crippen molar-refractivity contribution in [3.05, 3.63) is 29.8 Å². The Morgan fingerprint density at radius 1 is 1.25 bits per heavy atom. The number of halogens is 1. The maximum absolute atomic E-state index is 12.7. The zero-order valence-electron chi connectivity index (χ0n) is 11.9. The summed E-state index contributed by atoms with van der Waals surface area (Å²) in [6.07, 6.45) is 4.89. The van der Waals surface area contributed by atoms with E-state index in [4.69, 9.17) is 0 Å². The Morgan fingerprint density at radius 3 is 2.55 bits per heavy atom. The van der Waals surface area contributed by atoms with Crippen LogP contribution in [0.15, 0.2) is 29.2 Å². The van der Waals surface area contributed by atoms with Crippen LogP contribution in [-0.2, 0) is 16.4 Å². The van der Waals surface area contributed by atoms with E-state index in [0.29, 0.717) is 11.4 Å². The van der Waals surface area contributed by atoms with Gasteiger partial charge >= 0.3 is 0 Å². The molecule has 2 rings (SSSR count). The number of rotatable bonds is 5. The number of aryl methyl sites for hydroxylation is 1. The molecule has 0 bridgehead atoms. The van der Waals surface area contributed by atoms with Crippen molar-refractivity contribution in [3.63, 3.8) is 0 Å². The van der Waals surface area contributed by atoms with Gasteiger partial charge in [0, 0.05) is 17.9 Å². The van der Waals surface area contributed by atoms with Crippen molar-refractivity contribution in [1.29, 1.82) is 0 Å². The van der Waals surface area contributed by atoms with Crippen molar-refractivity contribution in [2.75, 3.05) is 11.9 Å². The van der Waals surface area contributed by atoms with Crippen LogP contribution in [0.2, 0.25) is 0 Å². The first-order valence-electron chi connectivity index (χ1n) is 7.26. The first-order chi connectivity index (χ1) is 9.59. The molecule has 0 spiro atoms. The third kappa shape index (κ3) is 3.43. The molecule has 0 amide bonds. The summed E-state index contributed by atoms with van der Waals surface area (Å²) in [5.41, 5.74) is 1.16. The van der Waals surface area contributed by atoms with Gasteiger partial charge in [-0.2, -0.15) is 4.31 Å². The molecule has 1 aliphatic rings. The Morgan fingerprint density at radius 2 is 1.95 bits per heavy atom. The zero-order chi connectivity index (χ0) is 14.6. The minimum atomic E-state index is -3.33. The van der Waals surface area contributed by atoms with Crippen LogP contribution < -0.4 is 0 Å². The van der Waals surface area contributed by atoms with E-state index < -0.39 is 10.0 Å². The summed E-state index contributed by atoms with van der Waals surface area (Å²) >= 11 is 3.40. The van der Waals surface area contributed by atoms with E-state index in [1.54, 1.807) is 16.4 Å². The number of hydrogen-bond acceptors (Lipinski definition) is 2. The molecule has 5 heteroatoms. The number of alkyl halides is 1. The maximum atomic E-state index is 12.7. The molecular formula is C15H22BrNO2S. The van der Waals surface area contributed by atoms with E-state index in [1.165, 1.54) is 0 Å². The largest absolute Gasteiger partial charge is 0.243 e. The monoisotopic (exact) mass is 359 g/mol. The zero-order valence-corrected chi connectivity index (χ0v) is 14.3. The summed E-state index contributed by atoms with van der Waals surface area (Å²) in [6.45, 7) is 2.72. The smallest absolute Gasteiger partial charge is 0.207 e. The van der Waals surface area contributed by atoms with Crippen molar-refractivity contribution in [3.8, 4) is 0 Å². The number of hydrogen-bond donors (Lipinski definition) is 0. The predicted octanol–water partition coefficient (Wildman–Crippen LogP) is 3.58. The van der Waals surface area contributed by atoms with E-state index in [1.807, 2.05) is 12.1 Å². The lowest BCUT2D eigenvalue weighted by atomic mass is 10.0. The standard InChI is InChI=1S/C15H22BrNO2S/c1-2-14-5-3-4-12-17(14)20(18,19)15-8-6-13(7-9-15)10-11-16/h6-9,14H,2-5,10-12H2,1H3. The van der Waals surface area contributed by atoms with Crippen molar-refractivity contribution >= 4 is 26.0 Å². The van der Waals surface area contributed by atoms with Crippen LogP contribution in [0.4, 0.5) is 0 Å². The highest BCUT2D eigenvalue weighted by Gasteiger charge is 2.32. The van der Waals surface area contributed by atoms with E-state index in [2.05, 4.69) is 22.9 Å². The molecule has 20 heavy (non-hydrogen) atoms. The first kappa shape index (κ1) is 16.0. The Labute approximate surface area is 130 Å². The molecule has 0 aliphatic carbocycles. The Bertz CT molecular complexity index is 527. The Kier molecular flexibility index (Phi) is 5.64. The maximum Gasteiger partial charge on any atom is 0.243 e. The molecule has 1 aliphatic heterocycles. The van der Waals surface area contributed by atoms with Crippen LogP contribution in [0.25, 0.3) is 0 Å². The highest BCUT2D eigenvalue weighted by atomic mass is 79.9. The van der Waals surface area contributed by atoms with Gasteiger partial charge in [-0.1, -0.05) is 41.4 Å². The third-order valence-corrected chi connectivity index (χ3v) is 6.32. The van der Waals surface area contributed by atoms with Gasteiger partial charge in [-0.15, -0.1) is 0 Å². The first-order valence-corrected chi connectivity index (χ1v) is 9.82.